The molecule has 0 spiro atoms. The lowest BCUT2D eigenvalue weighted by Gasteiger charge is -2.22. The van der Waals surface area contributed by atoms with Gasteiger partial charge in [-0.05, 0) is 24.1 Å². The summed E-state index contributed by atoms with van der Waals surface area (Å²) < 4.78 is 22.6. The van der Waals surface area contributed by atoms with Gasteiger partial charge in [-0.3, -0.25) is 9.59 Å². The Hall–Kier alpha value is -1.85. The molecule has 0 heterocycles. The second-order valence-electron chi connectivity index (χ2n) is 4.29. The highest BCUT2D eigenvalue weighted by Gasteiger charge is 2.40. The molecule has 1 aromatic carbocycles. The molecule has 2 N–H and O–H groups in total. The highest BCUT2D eigenvalue weighted by atomic mass is 31.2. The number of benzene rings is 1. The average Bonchev–Trinajstić information content (AvgIpc) is 2.38. The first kappa shape index (κ1) is 17.2. The summed E-state index contributed by atoms with van der Waals surface area (Å²) in [4.78, 5) is 21.8. The number of hydrogen-bond acceptors (Lipinski definition) is 5. The normalized spacial score (nSPS) is 15.0. The summed E-state index contributed by atoms with van der Waals surface area (Å²) in [5, 5.41) is 17.8. The highest BCUT2D eigenvalue weighted by molar-refractivity contribution is 7.56. The van der Waals surface area contributed by atoms with Gasteiger partial charge in [0.05, 0.1) is 6.42 Å². The minimum Gasteiger partial charge on any atom is -0.481 e. The third-order valence-electron chi connectivity index (χ3n) is 2.79. The number of hydrogen-bond donors (Lipinski definition) is 2. The number of carbonyl (C=O) groups is 2. The highest BCUT2D eigenvalue weighted by Crippen LogP contribution is 2.53. The zero-order valence-corrected chi connectivity index (χ0v) is 12.6. The fourth-order valence-electron chi connectivity index (χ4n) is 1.80. The summed E-state index contributed by atoms with van der Waals surface area (Å²) in [6.07, 6.45) is -0.139. The van der Waals surface area contributed by atoms with Crippen LogP contribution in [0.15, 0.2) is 24.3 Å². The van der Waals surface area contributed by atoms with E-state index in [0.717, 1.165) is 7.11 Å². The summed E-state index contributed by atoms with van der Waals surface area (Å²) >= 11 is 0. The van der Waals surface area contributed by atoms with Crippen LogP contribution in [0, 0.1) is 0 Å². The molecule has 0 amide bonds. The lowest BCUT2D eigenvalue weighted by Crippen LogP contribution is -2.23. The van der Waals surface area contributed by atoms with E-state index < -0.39 is 25.2 Å². The molecule has 0 aliphatic heterocycles. The van der Waals surface area contributed by atoms with Gasteiger partial charge >= 0.3 is 19.5 Å². The third-order valence-corrected chi connectivity index (χ3v) is 5.12. The predicted molar refractivity (Wildman–Crippen MR) is 74.7 cm³/mol. The van der Waals surface area contributed by atoms with Gasteiger partial charge in [0.25, 0.3) is 0 Å². The SMILES string of the molecule is CCC(C(=O)O)P(=O)(OC)Oc1cccc(CC(=O)O)c1. The Balaban J connectivity index is 3.03. The molecule has 116 valence electrons. The van der Waals surface area contributed by atoms with Gasteiger partial charge in [0, 0.05) is 7.11 Å². The summed E-state index contributed by atoms with van der Waals surface area (Å²) in [5.41, 5.74) is -0.836. The van der Waals surface area contributed by atoms with Gasteiger partial charge in [-0.25, -0.2) is 4.57 Å². The Labute approximate surface area is 122 Å². The van der Waals surface area contributed by atoms with Crippen molar-refractivity contribution in [2.24, 2.45) is 0 Å². The summed E-state index contributed by atoms with van der Waals surface area (Å²) in [6, 6.07) is 5.97. The average molecular weight is 316 g/mol. The van der Waals surface area contributed by atoms with Crippen LogP contribution in [-0.4, -0.2) is 34.9 Å². The maximum atomic E-state index is 12.5. The van der Waals surface area contributed by atoms with Crippen molar-refractivity contribution in [2.45, 2.75) is 25.4 Å². The van der Waals surface area contributed by atoms with Crippen LogP contribution in [0.1, 0.15) is 18.9 Å². The predicted octanol–water partition coefficient (Wildman–Crippen LogP) is 2.40. The summed E-state index contributed by atoms with van der Waals surface area (Å²) in [6.45, 7) is 1.56. The van der Waals surface area contributed by atoms with Crippen LogP contribution >= 0.6 is 7.60 Å². The van der Waals surface area contributed by atoms with Gasteiger partial charge in [-0.15, -0.1) is 0 Å². The van der Waals surface area contributed by atoms with Crippen molar-refractivity contribution in [3.63, 3.8) is 0 Å². The van der Waals surface area contributed by atoms with E-state index in [1.165, 1.54) is 18.2 Å². The molecule has 0 aromatic heterocycles. The molecule has 7 nitrogen and oxygen atoms in total. The zero-order chi connectivity index (χ0) is 16.0. The van der Waals surface area contributed by atoms with Crippen molar-refractivity contribution >= 4 is 19.5 Å². The van der Waals surface area contributed by atoms with Gasteiger partial charge in [0.2, 0.25) is 0 Å². The van der Waals surface area contributed by atoms with Gasteiger partial charge in [-0.1, -0.05) is 19.1 Å². The van der Waals surface area contributed by atoms with E-state index in [9.17, 15) is 14.2 Å². The van der Waals surface area contributed by atoms with Gasteiger partial charge in [-0.2, -0.15) is 0 Å². The number of carboxylic acid groups (broad SMARTS) is 2. The van der Waals surface area contributed by atoms with E-state index in [-0.39, 0.29) is 18.6 Å². The van der Waals surface area contributed by atoms with E-state index in [2.05, 4.69) is 0 Å². The number of rotatable bonds is 8. The summed E-state index contributed by atoms with van der Waals surface area (Å²) in [7, 11) is -2.77. The second-order valence-corrected chi connectivity index (χ2v) is 6.54. The Morgan fingerprint density at radius 1 is 1.33 bits per heavy atom. The lowest BCUT2D eigenvalue weighted by molar-refractivity contribution is -0.137. The molecule has 8 heteroatoms. The van der Waals surface area contributed by atoms with E-state index in [1.807, 2.05) is 0 Å². The topological polar surface area (TPSA) is 110 Å². The standard InChI is InChI=1S/C13H17O7P/c1-3-11(13(16)17)21(18,19-2)20-10-6-4-5-9(7-10)8-12(14)15/h4-7,11H,3,8H2,1-2H3,(H,14,15)(H,16,17). The molecule has 1 rings (SSSR count). The van der Waals surface area contributed by atoms with E-state index in [0.29, 0.717) is 5.56 Å². The van der Waals surface area contributed by atoms with Gasteiger partial charge in [0.1, 0.15) is 5.75 Å². The van der Waals surface area contributed by atoms with E-state index >= 15 is 0 Å². The molecular weight excluding hydrogens is 299 g/mol. The minimum atomic E-state index is -3.89. The lowest BCUT2D eigenvalue weighted by atomic mass is 10.1. The van der Waals surface area contributed by atoms with Crippen molar-refractivity contribution in [3.8, 4) is 5.75 Å². The minimum absolute atomic E-state index is 0.0786. The maximum Gasteiger partial charge on any atom is 0.393 e. The van der Waals surface area contributed by atoms with Crippen molar-refractivity contribution in [1.29, 1.82) is 0 Å². The fourth-order valence-corrected chi connectivity index (χ4v) is 3.38. The first-order chi connectivity index (χ1) is 9.82. The van der Waals surface area contributed by atoms with Gasteiger partial charge < -0.3 is 19.3 Å². The van der Waals surface area contributed by atoms with Crippen molar-refractivity contribution in [2.75, 3.05) is 7.11 Å². The maximum absolute atomic E-state index is 12.5. The van der Waals surface area contributed by atoms with E-state index in [4.69, 9.17) is 19.3 Å². The van der Waals surface area contributed by atoms with Crippen molar-refractivity contribution < 1.29 is 33.4 Å². The fraction of sp³-hybridized carbons (Fsp3) is 0.385. The Bertz CT molecular complexity index is 569. The first-order valence-electron chi connectivity index (χ1n) is 6.21. The van der Waals surface area contributed by atoms with Crippen LogP contribution in [-0.2, 0) is 25.1 Å². The quantitative estimate of drug-likeness (QED) is 0.708. The van der Waals surface area contributed by atoms with E-state index in [1.54, 1.807) is 13.0 Å². The molecule has 0 aliphatic rings. The first-order valence-corrected chi connectivity index (χ1v) is 7.82. The van der Waals surface area contributed by atoms with Crippen LogP contribution in [0.2, 0.25) is 0 Å². The molecule has 2 atom stereocenters. The largest absolute Gasteiger partial charge is 0.481 e. The zero-order valence-electron chi connectivity index (χ0n) is 11.7. The van der Waals surface area contributed by atoms with Crippen LogP contribution < -0.4 is 4.52 Å². The smallest absolute Gasteiger partial charge is 0.393 e. The summed E-state index contributed by atoms with van der Waals surface area (Å²) in [5.74, 6) is -2.18. The molecule has 0 aliphatic carbocycles. The molecular formula is C13H17O7P. The molecule has 0 saturated heterocycles. The molecule has 1 aromatic rings. The molecule has 0 fully saturated rings. The monoisotopic (exact) mass is 316 g/mol. The van der Waals surface area contributed by atoms with Crippen LogP contribution in [0.3, 0.4) is 0 Å². The van der Waals surface area contributed by atoms with Crippen molar-refractivity contribution in [3.05, 3.63) is 29.8 Å². The third kappa shape index (κ3) is 4.58. The Morgan fingerprint density at radius 3 is 2.48 bits per heavy atom. The molecule has 0 saturated carbocycles. The van der Waals surface area contributed by atoms with Crippen LogP contribution in [0.25, 0.3) is 0 Å². The number of aliphatic carboxylic acids is 2. The Kier molecular flexibility index (Phi) is 5.93. The molecule has 2 unspecified atom stereocenters. The second kappa shape index (κ2) is 7.24. The van der Waals surface area contributed by atoms with Crippen LogP contribution in [0.5, 0.6) is 5.75 Å². The molecule has 0 bridgehead atoms. The van der Waals surface area contributed by atoms with Gasteiger partial charge in [0.15, 0.2) is 5.66 Å². The molecule has 0 radical (unpaired) electrons. The van der Waals surface area contributed by atoms with Crippen molar-refractivity contribution in [1.82, 2.24) is 0 Å². The molecule has 21 heavy (non-hydrogen) atoms. The Morgan fingerprint density at radius 2 is 2.00 bits per heavy atom. The van der Waals surface area contributed by atoms with Crippen LogP contribution in [0.4, 0.5) is 0 Å². The number of carboxylic acids is 2.